The highest BCUT2D eigenvalue weighted by Crippen LogP contribution is 2.34. The predicted molar refractivity (Wildman–Crippen MR) is 79.3 cm³/mol. The van der Waals surface area contributed by atoms with Gasteiger partial charge in [0.25, 0.3) is 0 Å². The molecule has 0 saturated heterocycles. The summed E-state index contributed by atoms with van der Waals surface area (Å²) in [7, 11) is 0. The maximum atomic E-state index is 8.97. The molecule has 0 amide bonds. The van der Waals surface area contributed by atoms with Crippen LogP contribution in [0, 0.1) is 11.3 Å². The summed E-state index contributed by atoms with van der Waals surface area (Å²) >= 11 is 17.9. The maximum absolute atomic E-state index is 8.97. The summed E-state index contributed by atoms with van der Waals surface area (Å²) in [6.07, 6.45) is 1.56. The van der Waals surface area contributed by atoms with Gasteiger partial charge in [-0.1, -0.05) is 29.3 Å². The Labute approximate surface area is 131 Å². The van der Waals surface area contributed by atoms with E-state index in [-0.39, 0.29) is 12.5 Å². The zero-order chi connectivity index (χ0) is 14.5. The third kappa shape index (κ3) is 3.34. The second kappa shape index (κ2) is 6.81. The molecule has 0 aliphatic heterocycles. The highest BCUT2D eigenvalue weighted by Gasteiger charge is 2.11. The van der Waals surface area contributed by atoms with Gasteiger partial charge in [-0.05, 0) is 18.2 Å². The Morgan fingerprint density at radius 1 is 1.25 bits per heavy atom. The number of halogens is 3. The molecule has 2 rings (SSSR count). The Morgan fingerprint density at radius 2 is 2.05 bits per heavy atom. The zero-order valence-electron chi connectivity index (χ0n) is 10.2. The fourth-order valence-electron chi connectivity index (χ4n) is 1.68. The van der Waals surface area contributed by atoms with Gasteiger partial charge in [0.15, 0.2) is 0 Å². The number of hydrogen-bond acceptors (Lipinski definition) is 3. The lowest BCUT2D eigenvalue weighted by Gasteiger charge is -2.12. The Kier molecular flexibility index (Phi) is 5.08. The van der Waals surface area contributed by atoms with E-state index in [4.69, 9.17) is 44.8 Å². The van der Waals surface area contributed by atoms with Gasteiger partial charge in [-0.15, -0.1) is 11.6 Å². The van der Waals surface area contributed by atoms with Crippen LogP contribution < -0.4 is 4.74 Å². The molecule has 0 aliphatic rings. The molecule has 6 heteroatoms. The van der Waals surface area contributed by atoms with Crippen molar-refractivity contribution in [3.05, 3.63) is 57.3 Å². The third-order valence-corrected chi connectivity index (χ3v) is 3.39. The first-order chi connectivity index (χ1) is 9.65. The second-order valence-electron chi connectivity index (χ2n) is 3.92. The molecule has 3 nitrogen and oxygen atoms in total. The van der Waals surface area contributed by atoms with E-state index in [1.807, 2.05) is 6.07 Å². The molecule has 102 valence electrons. The van der Waals surface area contributed by atoms with Crippen molar-refractivity contribution in [3.8, 4) is 11.8 Å². The van der Waals surface area contributed by atoms with E-state index in [9.17, 15) is 0 Å². The molecular formula is C14H9Cl3N2O. The molecule has 1 aromatic heterocycles. The molecular weight excluding hydrogens is 319 g/mol. The average Bonchev–Trinajstić information content (AvgIpc) is 2.45. The van der Waals surface area contributed by atoms with E-state index in [1.54, 1.807) is 30.5 Å². The van der Waals surface area contributed by atoms with Gasteiger partial charge < -0.3 is 4.74 Å². The Balaban J connectivity index is 2.25. The van der Waals surface area contributed by atoms with E-state index in [0.717, 1.165) is 0 Å². The monoisotopic (exact) mass is 326 g/mol. The summed E-state index contributed by atoms with van der Waals surface area (Å²) in [5.74, 6) is 0.701. The fraction of sp³-hybridized carbons (Fsp3) is 0.143. The number of alkyl halides is 1. The number of pyridine rings is 1. The Bertz CT molecular complexity index is 668. The lowest BCUT2D eigenvalue weighted by atomic mass is 10.2. The van der Waals surface area contributed by atoms with Crippen LogP contribution in [-0.4, -0.2) is 4.98 Å². The highest BCUT2D eigenvalue weighted by atomic mass is 35.5. The second-order valence-corrected chi connectivity index (χ2v) is 5.03. The fourth-order valence-corrected chi connectivity index (χ4v) is 2.47. The molecule has 0 atom stereocenters. The summed E-state index contributed by atoms with van der Waals surface area (Å²) in [4.78, 5) is 3.97. The predicted octanol–water partition coefficient (Wildman–Crippen LogP) is 4.58. The molecule has 0 unspecified atom stereocenters. The zero-order valence-corrected chi connectivity index (χ0v) is 12.5. The topological polar surface area (TPSA) is 45.9 Å². The number of hydrogen-bond donors (Lipinski definition) is 0. The number of aromatic nitrogens is 1. The maximum Gasteiger partial charge on any atom is 0.147 e. The number of benzene rings is 1. The molecule has 2 aromatic rings. The number of nitriles is 1. The van der Waals surface area contributed by atoms with Crippen molar-refractivity contribution in [2.45, 2.75) is 12.5 Å². The van der Waals surface area contributed by atoms with Crippen LogP contribution in [0.5, 0.6) is 5.75 Å². The van der Waals surface area contributed by atoms with Gasteiger partial charge in [-0.2, -0.15) is 5.26 Å². The third-order valence-electron chi connectivity index (χ3n) is 2.60. The first kappa shape index (κ1) is 14.9. The van der Waals surface area contributed by atoms with E-state index in [2.05, 4.69) is 4.98 Å². The molecule has 0 aliphatic carbocycles. The van der Waals surface area contributed by atoms with Crippen molar-refractivity contribution < 1.29 is 4.74 Å². The summed E-state index contributed by atoms with van der Waals surface area (Å²) < 4.78 is 5.68. The van der Waals surface area contributed by atoms with Crippen molar-refractivity contribution in [1.29, 1.82) is 5.26 Å². The van der Waals surface area contributed by atoms with Crippen molar-refractivity contribution >= 4 is 34.8 Å². The smallest absolute Gasteiger partial charge is 0.147 e. The molecule has 20 heavy (non-hydrogen) atoms. The molecule has 0 radical (unpaired) electrons. The lowest BCUT2D eigenvalue weighted by molar-refractivity contribution is 0.303. The lowest BCUT2D eigenvalue weighted by Crippen LogP contribution is -2.02. The van der Waals surface area contributed by atoms with Crippen molar-refractivity contribution in [1.82, 2.24) is 4.98 Å². The first-order valence-corrected chi connectivity index (χ1v) is 6.95. The van der Waals surface area contributed by atoms with Crippen LogP contribution in [0.4, 0.5) is 0 Å². The molecule has 0 N–H and O–H groups in total. The minimum atomic E-state index is 0.183. The van der Waals surface area contributed by atoms with Crippen molar-refractivity contribution in [2.24, 2.45) is 0 Å². The van der Waals surface area contributed by atoms with Gasteiger partial charge >= 0.3 is 0 Å². The Hall–Kier alpha value is -1.47. The van der Waals surface area contributed by atoms with Crippen LogP contribution in [0.3, 0.4) is 0 Å². The number of nitrogens with zero attached hydrogens (tertiary/aromatic N) is 2. The summed E-state index contributed by atoms with van der Waals surface area (Å²) in [6, 6.07) is 8.81. The van der Waals surface area contributed by atoms with Gasteiger partial charge in [-0.3, -0.25) is 0 Å². The molecule has 1 aromatic carbocycles. The van der Waals surface area contributed by atoms with Gasteiger partial charge in [0, 0.05) is 22.3 Å². The van der Waals surface area contributed by atoms with E-state index < -0.39 is 0 Å². The summed E-state index contributed by atoms with van der Waals surface area (Å²) in [6.45, 7) is 0.183. The summed E-state index contributed by atoms with van der Waals surface area (Å²) in [5, 5.41) is 9.86. The molecule has 1 heterocycles. The van der Waals surface area contributed by atoms with Crippen LogP contribution in [0.25, 0.3) is 0 Å². The van der Waals surface area contributed by atoms with Gasteiger partial charge in [0.2, 0.25) is 0 Å². The Morgan fingerprint density at radius 3 is 2.75 bits per heavy atom. The van der Waals surface area contributed by atoms with Crippen LogP contribution in [0.1, 0.15) is 16.8 Å². The largest absolute Gasteiger partial charge is 0.487 e. The van der Waals surface area contributed by atoms with E-state index in [0.29, 0.717) is 32.6 Å². The molecule has 0 fully saturated rings. The SMILES string of the molecule is N#Cc1ncccc1COc1c(Cl)cc(Cl)cc1CCl. The number of rotatable bonds is 4. The van der Waals surface area contributed by atoms with Gasteiger partial charge in [0.05, 0.1) is 10.9 Å². The minimum absolute atomic E-state index is 0.183. The standard InChI is InChI=1S/C14H9Cl3N2O/c15-6-10-4-11(16)5-12(17)14(10)20-8-9-2-1-3-19-13(9)7-18/h1-5H,6,8H2. The summed E-state index contributed by atoms with van der Waals surface area (Å²) in [5.41, 5.74) is 1.71. The van der Waals surface area contributed by atoms with Crippen LogP contribution in [-0.2, 0) is 12.5 Å². The van der Waals surface area contributed by atoms with E-state index >= 15 is 0 Å². The average molecular weight is 328 g/mol. The number of ether oxygens (including phenoxy) is 1. The van der Waals surface area contributed by atoms with Gasteiger partial charge in [0.1, 0.15) is 24.1 Å². The van der Waals surface area contributed by atoms with Crippen LogP contribution in [0.15, 0.2) is 30.5 Å². The minimum Gasteiger partial charge on any atom is -0.487 e. The van der Waals surface area contributed by atoms with Crippen molar-refractivity contribution in [2.75, 3.05) is 0 Å². The van der Waals surface area contributed by atoms with Crippen molar-refractivity contribution in [3.63, 3.8) is 0 Å². The normalized spacial score (nSPS) is 10.1. The van der Waals surface area contributed by atoms with Gasteiger partial charge in [-0.25, -0.2) is 4.98 Å². The van der Waals surface area contributed by atoms with Crippen LogP contribution >= 0.6 is 34.8 Å². The molecule has 0 bridgehead atoms. The molecule has 0 spiro atoms. The first-order valence-electron chi connectivity index (χ1n) is 5.66. The van der Waals surface area contributed by atoms with Crippen LogP contribution in [0.2, 0.25) is 10.0 Å². The quantitative estimate of drug-likeness (QED) is 0.772. The molecule has 0 saturated carbocycles. The highest BCUT2D eigenvalue weighted by molar-refractivity contribution is 6.36. The van der Waals surface area contributed by atoms with E-state index in [1.165, 1.54) is 0 Å².